The molecule has 3 heterocycles. The first-order chi connectivity index (χ1) is 14.3. The number of nitrogens with zero attached hydrogens (tertiary/aromatic N) is 3. The molecule has 0 unspecified atom stereocenters. The molecule has 0 bridgehead atoms. The standard InChI is InChI=1S/C25H21N3O/c29-25-23-22-19(21(22)18-11-5-2-6-12-18)16-27(15-17-9-3-1-4-10-17)24(23)26-20-13-7-8-14-28(20)25/h1-14,19,21-22H,15-16H2/t19-,21-,22-/m0/s1. The normalized spacial score (nSPS) is 22.2. The molecule has 0 spiro atoms. The number of hydrogen-bond acceptors (Lipinski definition) is 3. The summed E-state index contributed by atoms with van der Waals surface area (Å²) in [6, 6.07) is 26.8. The maximum atomic E-state index is 13.5. The van der Waals surface area contributed by atoms with Crippen LogP contribution in [-0.4, -0.2) is 15.9 Å². The maximum Gasteiger partial charge on any atom is 0.263 e. The van der Waals surface area contributed by atoms with Gasteiger partial charge in [-0.2, -0.15) is 0 Å². The van der Waals surface area contributed by atoms with Gasteiger partial charge in [0, 0.05) is 25.2 Å². The van der Waals surface area contributed by atoms with Crippen molar-refractivity contribution in [1.29, 1.82) is 0 Å². The molecule has 1 aliphatic carbocycles. The van der Waals surface area contributed by atoms with E-state index < -0.39 is 0 Å². The summed E-state index contributed by atoms with van der Waals surface area (Å²) < 4.78 is 1.70. The van der Waals surface area contributed by atoms with E-state index in [9.17, 15) is 4.79 Å². The van der Waals surface area contributed by atoms with Crippen LogP contribution in [0, 0.1) is 5.92 Å². The lowest BCUT2D eigenvalue weighted by Gasteiger charge is -2.29. The monoisotopic (exact) mass is 379 g/mol. The molecule has 1 aliphatic heterocycles. The summed E-state index contributed by atoms with van der Waals surface area (Å²) in [6.45, 7) is 1.70. The van der Waals surface area contributed by atoms with Crippen molar-refractivity contribution >= 4 is 11.5 Å². The Balaban J connectivity index is 1.51. The van der Waals surface area contributed by atoms with Gasteiger partial charge in [0.1, 0.15) is 11.5 Å². The van der Waals surface area contributed by atoms with Crippen LogP contribution in [-0.2, 0) is 6.54 Å². The van der Waals surface area contributed by atoms with Gasteiger partial charge in [-0.1, -0.05) is 66.7 Å². The van der Waals surface area contributed by atoms with E-state index in [4.69, 9.17) is 4.98 Å². The molecule has 4 heteroatoms. The van der Waals surface area contributed by atoms with E-state index in [0.29, 0.717) is 17.5 Å². The van der Waals surface area contributed by atoms with Crippen LogP contribution >= 0.6 is 0 Å². The molecule has 1 saturated carbocycles. The Morgan fingerprint density at radius 1 is 0.862 bits per heavy atom. The number of benzene rings is 2. The summed E-state index contributed by atoms with van der Waals surface area (Å²) in [7, 11) is 0. The smallest absolute Gasteiger partial charge is 0.263 e. The lowest BCUT2D eigenvalue weighted by atomic mass is 10.0. The Hall–Kier alpha value is -3.40. The molecule has 6 rings (SSSR count). The SMILES string of the molecule is O=c1c2c(nc3ccccn13)N(Cc1ccccc1)C[C@H]1[C@H](c3ccccc3)[C@@H]21. The van der Waals surface area contributed by atoms with Gasteiger partial charge in [-0.15, -0.1) is 0 Å². The van der Waals surface area contributed by atoms with Crippen molar-refractivity contribution in [2.45, 2.75) is 18.4 Å². The second-order valence-corrected chi connectivity index (χ2v) is 8.08. The molecule has 0 amide bonds. The minimum absolute atomic E-state index is 0.0804. The Labute approximate surface area is 169 Å². The lowest BCUT2D eigenvalue weighted by molar-refractivity contribution is 0.654. The fraction of sp³-hybridized carbons (Fsp3) is 0.200. The Kier molecular flexibility index (Phi) is 3.60. The molecule has 4 aromatic rings. The van der Waals surface area contributed by atoms with E-state index in [2.05, 4.69) is 59.5 Å². The highest BCUT2D eigenvalue weighted by Gasteiger charge is 2.57. The van der Waals surface area contributed by atoms with Gasteiger partial charge in [-0.3, -0.25) is 9.20 Å². The Bertz CT molecular complexity index is 1250. The second kappa shape index (κ2) is 6.31. The quantitative estimate of drug-likeness (QED) is 0.535. The Morgan fingerprint density at radius 2 is 1.59 bits per heavy atom. The van der Waals surface area contributed by atoms with Crippen molar-refractivity contribution in [2.24, 2.45) is 5.92 Å². The highest BCUT2D eigenvalue weighted by Crippen LogP contribution is 2.63. The van der Waals surface area contributed by atoms with Crippen LogP contribution in [0.15, 0.2) is 89.9 Å². The summed E-state index contributed by atoms with van der Waals surface area (Å²) in [4.78, 5) is 20.7. The average molecular weight is 379 g/mol. The predicted octanol–water partition coefficient (Wildman–Crippen LogP) is 4.21. The van der Waals surface area contributed by atoms with Crippen molar-refractivity contribution in [3.8, 4) is 0 Å². The van der Waals surface area contributed by atoms with Crippen molar-refractivity contribution < 1.29 is 0 Å². The largest absolute Gasteiger partial charge is 0.351 e. The minimum atomic E-state index is 0.0804. The number of hydrogen-bond donors (Lipinski definition) is 0. The summed E-state index contributed by atoms with van der Waals surface area (Å²) in [5.74, 6) is 1.98. The summed E-state index contributed by atoms with van der Waals surface area (Å²) in [6.07, 6.45) is 1.83. The van der Waals surface area contributed by atoms with Crippen molar-refractivity contribution in [1.82, 2.24) is 9.38 Å². The van der Waals surface area contributed by atoms with Crippen LogP contribution in [0.4, 0.5) is 5.82 Å². The zero-order valence-electron chi connectivity index (χ0n) is 16.0. The summed E-state index contributed by atoms with van der Waals surface area (Å²) in [5, 5.41) is 0. The van der Waals surface area contributed by atoms with Gasteiger partial charge in [-0.05, 0) is 35.1 Å². The third-order valence-corrected chi connectivity index (χ3v) is 6.38. The molecule has 3 atom stereocenters. The van der Waals surface area contributed by atoms with Crippen LogP contribution < -0.4 is 10.5 Å². The summed E-state index contributed by atoms with van der Waals surface area (Å²) in [5.41, 5.74) is 4.24. The molecule has 4 nitrogen and oxygen atoms in total. The van der Waals surface area contributed by atoms with Gasteiger partial charge in [0.2, 0.25) is 0 Å². The molecular weight excluding hydrogens is 358 g/mol. The number of aromatic nitrogens is 2. The number of anilines is 1. The van der Waals surface area contributed by atoms with Gasteiger partial charge in [0.25, 0.3) is 5.56 Å². The first-order valence-corrected chi connectivity index (χ1v) is 10.2. The number of fused-ring (bicyclic) bond motifs is 4. The third-order valence-electron chi connectivity index (χ3n) is 6.38. The van der Waals surface area contributed by atoms with Crippen LogP contribution in [0.5, 0.6) is 0 Å². The highest BCUT2D eigenvalue weighted by atomic mass is 16.1. The van der Waals surface area contributed by atoms with E-state index in [1.54, 1.807) is 4.40 Å². The fourth-order valence-electron chi connectivity index (χ4n) is 5.03. The molecule has 1 fully saturated rings. The van der Waals surface area contributed by atoms with E-state index in [1.807, 2.05) is 30.5 Å². The first-order valence-electron chi connectivity index (χ1n) is 10.2. The lowest BCUT2D eigenvalue weighted by Crippen LogP contribution is -2.34. The van der Waals surface area contributed by atoms with Gasteiger partial charge >= 0.3 is 0 Å². The van der Waals surface area contributed by atoms with Crippen LogP contribution in [0.2, 0.25) is 0 Å². The van der Waals surface area contributed by atoms with E-state index in [1.165, 1.54) is 11.1 Å². The highest BCUT2D eigenvalue weighted by molar-refractivity contribution is 5.61. The minimum Gasteiger partial charge on any atom is -0.351 e. The van der Waals surface area contributed by atoms with Crippen LogP contribution in [0.25, 0.3) is 5.65 Å². The van der Waals surface area contributed by atoms with Crippen LogP contribution in [0.1, 0.15) is 28.5 Å². The fourth-order valence-corrected chi connectivity index (χ4v) is 5.03. The number of pyridine rings is 1. The average Bonchev–Trinajstić information content (AvgIpc) is 3.49. The van der Waals surface area contributed by atoms with Gasteiger partial charge in [0.05, 0.1) is 5.56 Å². The van der Waals surface area contributed by atoms with Crippen molar-refractivity contribution in [3.05, 3.63) is 112 Å². The van der Waals surface area contributed by atoms with E-state index >= 15 is 0 Å². The zero-order chi connectivity index (χ0) is 19.4. The molecule has 29 heavy (non-hydrogen) atoms. The molecule has 2 aromatic carbocycles. The molecular formula is C25H21N3O. The third kappa shape index (κ3) is 2.59. The maximum absolute atomic E-state index is 13.5. The molecule has 142 valence electrons. The van der Waals surface area contributed by atoms with Crippen molar-refractivity contribution in [2.75, 3.05) is 11.4 Å². The molecule has 2 aliphatic rings. The second-order valence-electron chi connectivity index (χ2n) is 8.08. The predicted molar refractivity (Wildman–Crippen MR) is 114 cm³/mol. The van der Waals surface area contributed by atoms with Gasteiger partial charge < -0.3 is 4.90 Å². The van der Waals surface area contributed by atoms with E-state index in [-0.39, 0.29) is 11.5 Å². The van der Waals surface area contributed by atoms with Gasteiger partial charge in [0.15, 0.2) is 0 Å². The summed E-state index contributed by atoms with van der Waals surface area (Å²) >= 11 is 0. The molecule has 0 saturated heterocycles. The van der Waals surface area contributed by atoms with Gasteiger partial charge in [-0.25, -0.2) is 4.98 Å². The molecule has 0 N–H and O–H groups in total. The number of rotatable bonds is 3. The first kappa shape index (κ1) is 16.5. The van der Waals surface area contributed by atoms with Crippen molar-refractivity contribution in [3.63, 3.8) is 0 Å². The molecule has 2 aromatic heterocycles. The molecule has 0 radical (unpaired) electrons. The Morgan fingerprint density at radius 3 is 2.38 bits per heavy atom. The zero-order valence-corrected chi connectivity index (χ0v) is 16.0. The van der Waals surface area contributed by atoms with E-state index in [0.717, 1.165) is 24.5 Å². The topological polar surface area (TPSA) is 37.6 Å². The van der Waals surface area contributed by atoms with Crippen LogP contribution in [0.3, 0.4) is 0 Å².